The Labute approximate surface area is 109 Å². The van der Waals surface area contributed by atoms with Gasteiger partial charge in [-0.25, -0.2) is 4.79 Å². The second-order valence-corrected chi connectivity index (χ2v) is 4.70. The van der Waals surface area contributed by atoms with Crippen LogP contribution in [0, 0.1) is 6.92 Å². The summed E-state index contributed by atoms with van der Waals surface area (Å²) in [5.41, 5.74) is 0.897. The molecular formula is C13H15NO5. The maximum atomic E-state index is 12.3. The summed E-state index contributed by atoms with van der Waals surface area (Å²) in [6, 6.07) is 3.27. The number of phenolic OH excluding ortho intramolecular Hbond substituents is 1. The van der Waals surface area contributed by atoms with Gasteiger partial charge in [0.05, 0.1) is 6.10 Å². The van der Waals surface area contributed by atoms with Gasteiger partial charge in [0.25, 0.3) is 5.91 Å². The van der Waals surface area contributed by atoms with Crippen molar-refractivity contribution in [1.29, 1.82) is 0 Å². The molecule has 0 radical (unpaired) electrons. The lowest BCUT2D eigenvalue weighted by molar-refractivity contribution is -0.141. The highest BCUT2D eigenvalue weighted by atomic mass is 16.4. The third-order valence-corrected chi connectivity index (χ3v) is 3.27. The molecule has 0 unspecified atom stereocenters. The molecule has 2 atom stereocenters. The minimum atomic E-state index is -1.12. The zero-order chi connectivity index (χ0) is 14.2. The van der Waals surface area contributed by atoms with Crippen molar-refractivity contribution < 1.29 is 24.9 Å². The fraction of sp³-hybridized carbons (Fsp3) is 0.385. The van der Waals surface area contributed by atoms with E-state index in [-0.39, 0.29) is 18.7 Å². The summed E-state index contributed by atoms with van der Waals surface area (Å²) in [5, 5.41) is 27.9. The normalized spacial score (nSPS) is 22.5. The average molecular weight is 265 g/mol. The third-order valence-electron chi connectivity index (χ3n) is 3.27. The summed E-state index contributed by atoms with van der Waals surface area (Å²) in [4.78, 5) is 24.6. The molecule has 0 bridgehead atoms. The van der Waals surface area contributed by atoms with Crippen molar-refractivity contribution in [2.45, 2.75) is 25.5 Å². The first-order valence-electron chi connectivity index (χ1n) is 5.91. The minimum Gasteiger partial charge on any atom is -0.508 e. The minimum absolute atomic E-state index is 0.0100. The van der Waals surface area contributed by atoms with E-state index in [1.165, 1.54) is 18.2 Å². The number of hydrogen-bond acceptors (Lipinski definition) is 4. The van der Waals surface area contributed by atoms with E-state index in [9.17, 15) is 19.8 Å². The molecule has 0 spiro atoms. The van der Waals surface area contributed by atoms with Crippen LogP contribution in [0.2, 0.25) is 0 Å². The summed E-state index contributed by atoms with van der Waals surface area (Å²) in [5.74, 6) is -1.52. The Morgan fingerprint density at radius 3 is 2.63 bits per heavy atom. The van der Waals surface area contributed by atoms with Crippen LogP contribution < -0.4 is 0 Å². The Kier molecular flexibility index (Phi) is 3.44. The van der Waals surface area contributed by atoms with E-state index in [2.05, 4.69) is 0 Å². The molecular weight excluding hydrogens is 250 g/mol. The van der Waals surface area contributed by atoms with Gasteiger partial charge in [-0.3, -0.25) is 4.79 Å². The van der Waals surface area contributed by atoms with Gasteiger partial charge in [-0.2, -0.15) is 0 Å². The van der Waals surface area contributed by atoms with Crippen LogP contribution >= 0.6 is 0 Å². The van der Waals surface area contributed by atoms with E-state index >= 15 is 0 Å². The highest BCUT2D eigenvalue weighted by molar-refractivity contribution is 5.98. The van der Waals surface area contributed by atoms with Gasteiger partial charge in [0.15, 0.2) is 0 Å². The number of carboxylic acids is 1. The number of rotatable bonds is 2. The number of β-amino-alcohol motifs (C(OH)–C–C–N with tert-alkyl or cyclic N) is 1. The van der Waals surface area contributed by atoms with Crippen LogP contribution in [0.3, 0.4) is 0 Å². The Hall–Kier alpha value is -2.08. The monoisotopic (exact) mass is 265 g/mol. The number of phenols is 1. The van der Waals surface area contributed by atoms with E-state index in [0.717, 1.165) is 4.90 Å². The molecule has 1 saturated heterocycles. The second-order valence-electron chi connectivity index (χ2n) is 4.70. The van der Waals surface area contributed by atoms with Crippen molar-refractivity contribution in [3.8, 4) is 5.75 Å². The first kappa shape index (κ1) is 13.4. The zero-order valence-electron chi connectivity index (χ0n) is 10.4. The smallest absolute Gasteiger partial charge is 0.326 e. The molecule has 1 aromatic rings. The lowest BCUT2D eigenvalue weighted by Crippen LogP contribution is -2.40. The summed E-state index contributed by atoms with van der Waals surface area (Å²) in [6.45, 7) is 1.67. The lowest BCUT2D eigenvalue weighted by Gasteiger charge is -2.22. The number of nitrogens with zero attached hydrogens (tertiary/aromatic N) is 1. The Balaban J connectivity index is 2.30. The lowest BCUT2D eigenvalue weighted by atomic mass is 10.1. The molecule has 6 nitrogen and oxygen atoms in total. The molecule has 6 heteroatoms. The van der Waals surface area contributed by atoms with E-state index in [1.54, 1.807) is 6.92 Å². The molecule has 2 rings (SSSR count). The molecule has 1 amide bonds. The quantitative estimate of drug-likeness (QED) is 0.717. The molecule has 1 aromatic carbocycles. The van der Waals surface area contributed by atoms with Gasteiger partial charge in [0, 0.05) is 18.5 Å². The molecule has 1 aliphatic rings. The van der Waals surface area contributed by atoms with Gasteiger partial charge in [-0.15, -0.1) is 0 Å². The van der Waals surface area contributed by atoms with E-state index in [0.29, 0.717) is 11.1 Å². The SMILES string of the molecule is Cc1cc(O)ccc1C(=O)N1C[C@H](O)C[C@H]1C(=O)O. The number of aliphatic carboxylic acids is 1. The number of amides is 1. The second kappa shape index (κ2) is 4.89. The molecule has 1 fully saturated rings. The van der Waals surface area contributed by atoms with Gasteiger partial charge in [-0.1, -0.05) is 0 Å². The third kappa shape index (κ3) is 2.53. The van der Waals surface area contributed by atoms with Crippen molar-refractivity contribution in [2.24, 2.45) is 0 Å². The van der Waals surface area contributed by atoms with E-state index in [4.69, 9.17) is 5.11 Å². The number of carbonyl (C=O) groups excluding carboxylic acids is 1. The number of carbonyl (C=O) groups is 2. The molecule has 102 valence electrons. The van der Waals surface area contributed by atoms with E-state index < -0.39 is 24.0 Å². The summed E-state index contributed by atoms with van der Waals surface area (Å²) >= 11 is 0. The maximum Gasteiger partial charge on any atom is 0.326 e. The van der Waals surface area contributed by atoms with Crippen LogP contribution in [-0.2, 0) is 4.79 Å². The van der Waals surface area contributed by atoms with Crippen molar-refractivity contribution in [1.82, 2.24) is 4.90 Å². The molecule has 0 saturated carbocycles. The number of carboxylic acid groups (broad SMARTS) is 1. The number of benzene rings is 1. The number of aryl methyl sites for hydroxylation is 1. The molecule has 1 heterocycles. The van der Waals surface area contributed by atoms with Crippen LogP contribution in [0.4, 0.5) is 0 Å². The zero-order valence-corrected chi connectivity index (χ0v) is 10.4. The van der Waals surface area contributed by atoms with Crippen LogP contribution in [0.15, 0.2) is 18.2 Å². The number of aliphatic hydroxyl groups excluding tert-OH is 1. The van der Waals surface area contributed by atoms with Gasteiger partial charge in [-0.05, 0) is 30.7 Å². The van der Waals surface area contributed by atoms with Crippen molar-refractivity contribution in [3.63, 3.8) is 0 Å². The van der Waals surface area contributed by atoms with Gasteiger partial charge in [0.1, 0.15) is 11.8 Å². The summed E-state index contributed by atoms with van der Waals surface area (Å²) in [6.07, 6.45) is -0.777. The topological polar surface area (TPSA) is 98.1 Å². The first-order chi connectivity index (χ1) is 8.90. The molecule has 3 N–H and O–H groups in total. The standard InChI is InChI=1S/C13H15NO5/c1-7-4-8(15)2-3-10(7)12(17)14-6-9(16)5-11(14)13(18)19/h2-4,9,11,15-16H,5-6H2,1H3,(H,18,19)/t9-,11+/m1/s1. The van der Waals surface area contributed by atoms with Gasteiger partial charge >= 0.3 is 5.97 Å². The molecule has 0 aromatic heterocycles. The Bertz CT molecular complexity index is 528. The number of hydrogen-bond donors (Lipinski definition) is 3. The van der Waals surface area contributed by atoms with Crippen LogP contribution in [0.25, 0.3) is 0 Å². The average Bonchev–Trinajstić information content (AvgIpc) is 2.70. The van der Waals surface area contributed by atoms with Crippen molar-refractivity contribution in [3.05, 3.63) is 29.3 Å². The van der Waals surface area contributed by atoms with Crippen LogP contribution in [0.1, 0.15) is 22.3 Å². The van der Waals surface area contributed by atoms with Gasteiger partial charge < -0.3 is 20.2 Å². The predicted molar refractivity (Wildman–Crippen MR) is 65.9 cm³/mol. The van der Waals surface area contributed by atoms with Crippen LogP contribution in [0.5, 0.6) is 5.75 Å². The maximum absolute atomic E-state index is 12.3. The fourth-order valence-corrected chi connectivity index (χ4v) is 2.31. The Morgan fingerprint density at radius 2 is 2.05 bits per heavy atom. The van der Waals surface area contributed by atoms with Crippen molar-refractivity contribution in [2.75, 3.05) is 6.54 Å². The largest absolute Gasteiger partial charge is 0.508 e. The highest BCUT2D eigenvalue weighted by Crippen LogP contribution is 2.23. The van der Waals surface area contributed by atoms with E-state index in [1.807, 2.05) is 0 Å². The Morgan fingerprint density at radius 1 is 1.37 bits per heavy atom. The first-order valence-corrected chi connectivity index (χ1v) is 5.91. The summed E-state index contributed by atoms with van der Waals surface area (Å²) < 4.78 is 0. The highest BCUT2D eigenvalue weighted by Gasteiger charge is 2.39. The van der Waals surface area contributed by atoms with Gasteiger partial charge in [0.2, 0.25) is 0 Å². The van der Waals surface area contributed by atoms with Crippen molar-refractivity contribution >= 4 is 11.9 Å². The summed E-state index contributed by atoms with van der Waals surface area (Å²) in [7, 11) is 0. The molecule has 0 aliphatic carbocycles. The molecule has 19 heavy (non-hydrogen) atoms. The number of aromatic hydroxyl groups is 1. The fourth-order valence-electron chi connectivity index (χ4n) is 2.31. The van der Waals surface area contributed by atoms with Crippen LogP contribution in [-0.4, -0.2) is 50.8 Å². The predicted octanol–water partition coefficient (Wildman–Crippen LogP) is 0.361. The number of likely N-dealkylation sites (tertiary alicyclic amines) is 1. The number of aliphatic hydroxyl groups is 1. The molecule has 1 aliphatic heterocycles.